The van der Waals surface area contributed by atoms with E-state index in [0.29, 0.717) is 11.5 Å². The number of piperidine rings is 1. The summed E-state index contributed by atoms with van der Waals surface area (Å²) in [7, 11) is 0. The van der Waals surface area contributed by atoms with Crippen molar-refractivity contribution in [2.45, 2.75) is 63.5 Å². The number of pyridine rings is 1. The average Bonchev–Trinajstić information content (AvgIpc) is 3.41. The molecule has 3 amide bonds. The normalized spacial score (nSPS) is 25.8. The van der Waals surface area contributed by atoms with Gasteiger partial charge in [-0.25, -0.2) is 0 Å². The van der Waals surface area contributed by atoms with Crippen LogP contribution >= 0.6 is 0 Å². The highest BCUT2D eigenvalue weighted by Crippen LogP contribution is 2.44. The highest BCUT2D eigenvalue weighted by atomic mass is 16.2. The van der Waals surface area contributed by atoms with Gasteiger partial charge in [0.15, 0.2) is 0 Å². The van der Waals surface area contributed by atoms with Crippen LogP contribution in [0.25, 0.3) is 6.08 Å². The highest BCUT2D eigenvalue weighted by Gasteiger charge is 2.52. The molecule has 3 fully saturated rings. The van der Waals surface area contributed by atoms with Crippen molar-refractivity contribution < 1.29 is 14.4 Å². The van der Waals surface area contributed by atoms with Crippen LogP contribution in [0.5, 0.6) is 0 Å². The van der Waals surface area contributed by atoms with E-state index in [9.17, 15) is 14.4 Å². The summed E-state index contributed by atoms with van der Waals surface area (Å²) in [6.07, 6.45) is 8.14. The monoisotopic (exact) mass is 484 g/mol. The van der Waals surface area contributed by atoms with Crippen LogP contribution in [0.3, 0.4) is 0 Å². The maximum atomic E-state index is 13.7. The van der Waals surface area contributed by atoms with E-state index in [1.807, 2.05) is 52.4 Å². The Labute approximate surface area is 211 Å². The van der Waals surface area contributed by atoms with Gasteiger partial charge in [-0.2, -0.15) is 0 Å². The molecule has 4 aliphatic heterocycles. The number of hydrogen-bond donors (Lipinski definition) is 1. The van der Waals surface area contributed by atoms with Gasteiger partial charge in [0, 0.05) is 48.3 Å². The molecule has 2 bridgehead atoms. The van der Waals surface area contributed by atoms with Gasteiger partial charge >= 0.3 is 0 Å². The molecular formula is C29H32N4O3. The van der Waals surface area contributed by atoms with Crippen LogP contribution in [0.2, 0.25) is 0 Å². The predicted octanol–water partition coefficient (Wildman–Crippen LogP) is 3.90. The summed E-state index contributed by atoms with van der Waals surface area (Å²) in [5.41, 5.74) is 4.46. The molecule has 0 spiro atoms. The molecule has 1 aromatic carbocycles. The van der Waals surface area contributed by atoms with Crippen molar-refractivity contribution in [3.8, 4) is 0 Å². The molecular weight excluding hydrogens is 452 g/mol. The fourth-order valence-corrected chi connectivity index (χ4v) is 6.79. The number of aromatic nitrogens is 1. The number of rotatable bonds is 3. The minimum atomic E-state index is -0.176. The standard InChI is InChI=1S/C29H32N4O3/c1-18-23(6-4-12-30-18)19-10-13-32(14-11-19)29(36)24-17-22-8-9-26(24)33(22)28(35)21-15-20-5-2-3-7-25(20)31-27(34)16-21/h2-7,12,15,19,22,24,26H,8-11,13-14,16-17H2,1H3,(H,31,34). The van der Waals surface area contributed by atoms with Gasteiger partial charge in [-0.3, -0.25) is 19.4 Å². The van der Waals surface area contributed by atoms with Gasteiger partial charge in [0.25, 0.3) is 5.91 Å². The fourth-order valence-electron chi connectivity index (χ4n) is 6.79. The first-order valence-electron chi connectivity index (χ1n) is 13.1. The SMILES string of the molecule is Cc1ncccc1C1CCN(C(=O)C2CC3CCC2N3C(=O)C2=Cc3ccccc3NC(=O)C2)CC1. The maximum Gasteiger partial charge on any atom is 0.250 e. The van der Waals surface area contributed by atoms with Crippen LogP contribution in [-0.4, -0.2) is 57.7 Å². The lowest BCUT2D eigenvalue weighted by atomic mass is 9.85. The number of nitrogens with one attached hydrogen (secondary N) is 1. The molecule has 0 aliphatic carbocycles. The van der Waals surface area contributed by atoms with Crippen LogP contribution in [-0.2, 0) is 14.4 Å². The smallest absolute Gasteiger partial charge is 0.250 e. The van der Waals surface area contributed by atoms with Crippen LogP contribution in [0.4, 0.5) is 5.69 Å². The summed E-state index contributed by atoms with van der Waals surface area (Å²) >= 11 is 0. The minimum absolute atomic E-state index is 0.0589. The Morgan fingerprint density at radius 1 is 1.03 bits per heavy atom. The van der Waals surface area contributed by atoms with Crippen molar-refractivity contribution in [1.82, 2.24) is 14.8 Å². The number of amides is 3. The lowest BCUT2D eigenvalue weighted by Crippen LogP contribution is -2.46. The third-order valence-electron chi connectivity index (χ3n) is 8.57. The van der Waals surface area contributed by atoms with Gasteiger partial charge in [0.1, 0.15) is 0 Å². The molecule has 1 aromatic heterocycles. The Morgan fingerprint density at radius 3 is 2.64 bits per heavy atom. The number of para-hydroxylation sites is 1. The van der Waals surface area contributed by atoms with E-state index in [0.717, 1.165) is 62.1 Å². The van der Waals surface area contributed by atoms with Crippen molar-refractivity contribution in [3.63, 3.8) is 0 Å². The summed E-state index contributed by atoms with van der Waals surface area (Å²) in [4.78, 5) is 48.2. The van der Waals surface area contributed by atoms with Gasteiger partial charge in [-0.05, 0) is 74.3 Å². The first-order chi connectivity index (χ1) is 17.5. The zero-order valence-corrected chi connectivity index (χ0v) is 20.7. The molecule has 4 aliphatic rings. The molecule has 186 valence electrons. The summed E-state index contributed by atoms with van der Waals surface area (Å²) in [5.74, 6) is 0.231. The Kier molecular flexibility index (Phi) is 5.86. The predicted molar refractivity (Wildman–Crippen MR) is 137 cm³/mol. The Morgan fingerprint density at radius 2 is 1.83 bits per heavy atom. The van der Waals surface area contributed by atoms with Crippen molar-refractivity contribution >= 4 is 29.5 Å². The van der Waals surface area contributed by atoms with Gasteiger partial charge in [-0.1, -0.05) is 24.3 Å². The highest BCUT2D eigenvalue weighted by molar-refractivity contribution is 6.08. The Hall–Kier alpha value is -3.48. The number of aryl methyl sites for hydroxylation is 1. The quantitative estimate of drug-likeness (QED) is 0.716. The van der Waals surface area contributed by atoms with Gasteiger partial charge in [0.2, 0.25) is 11.8 Å². The molecule has 1 N–H and O–H groups in total. The Bertz CT molecular complexity index is 1250. The van der Waals surface area contributed by atoms with E-state index in [4.69, 9.17) is 0 Å². The first kappa shape index (κ1) is 23.0. The van der Waals surface area contributed by atoms with Gasteiger partial charge < -0.3 is 15.1 Å². The molecule has 3 unspecified atom stereocenters. The second kappa shape index (κ2) is 9.19. The number of anilines is 1. The first-order valence-corrected chi connectivity index (χ1v) is 13.1. The molecule has 3 saturated heterocycles. The average molecular weight is 485 g/mol. The van der Waals surface area contributed by atoms with E-state index >= 15 is 0 Å². The summed E-state index contributed by atoms with van der Waals surface area (Å²) in [6.45, 7) is 3.56. The zero-order chi connectivity index (χ0) is 24.8. The van der Waals surface area contributed by atoms with Crippen molar-refractivity contribution in [2.24, 2.45) is 5.92 Å². The van der Waals surface area contributed by atoms with Crippen LogP contribution in [0.15, 0.2) is 48.2 Å². The Balaban J connectivity index is 1.15. The lowest BCUT2D eigenvalue weighted by molar-refractivity contribution is -0.138. The number of benzene rings is 1. The summed E-state index contributed by atoms with van der Waals surface area (Å²) < 4.78 is 0. The van der Waals surface area contributed by atoms with E-state index in [1.54, 1.807) is 0 Å². The van der Waals surface area contributed by atoms with Crippen LogP contribution in [0.1, 0.15) is 61.3 Å². The van der Waals surface area contributed by atoms with Crippen molar-refractivity contribution in [3.05, 3.63) is 65.0 Å². The number of hydrogen-bond acceptors (Lipinski definition) is 4. The minimum Gasteiger partial charge on any atom is -0.342 e. The molecule has 0 radical (unpaired) electrons. The number of carbonyl (C=O) groups excluding carboxylic acids is 3. The number of carbonyl (C=O) groups is 3. The molecule has 2 aromatic rings. The number of likely N-dealkylation sites (tertiary alicyclic amines) is 1. The molecule has 7 nitrogen and oxygen atoms in total. The van der Waals surface area contributed by atoms with E-state index in [1.165, 1.54) is 5.56 Å². The molecule has 6 rings (SSSR count). The van der Waals surface area contributed by atoms with Gasteiger partial charge in [0.05, 0.1) is 12.3 Å². The largest absolute Gasteiger partial charge is 0.342 e. The second-order valence-corrected chi connectivity index (χ2v) is 10.6. The fraction of sp³-hybridized carbons (Fsp3) is 0.448. The van der Waals surface area contributed by atoms with Crippen LogP contribution < -0.4 is 5.32 Å². The van der Waals surface area contributed by atoms with E-state index in [2.05, 4.69) is 23.3 Å². The summed E-state index contributed by atoms with van der Waals surface area (Å²) in [6, 6.07) is 11.7. The zero-order valence-electron chi connectivity index (χ0n) is 20.7. The third kappa shape index (κ3) is 4.00. The molecule has 36 heavy (non-hydrogen) atoms. The van der Waals surface area contributed by atoms with Crippen molar-refractivity contribution in [1.29, 1.82) is 0 Å². The molecule has 7 heteroatoms. The van der Waals surface area contributed by atoms with Gasteiger partial charge in [-0.15, -0.1) is 0 Å². The second-order valence-electron chi connectivity index (χ2n) is 10.6. The van der Waals surface area contributed by atoms with Crippen molar-refractivity contribution in [2.75, 3.05) is 18.4 Å². The maximum absolute atomic E-state index is 13.7. The topological polar surface area (TPSA) is 82.6 Å². The van der Waals surface area contributed by atoms with E-state index in [-0.39, 0.29) is 42.1 Å². The van der Waals surface area contributed by atoms with E-state index < -0.39 is 0 Å². The lowest BCUT2D eigenvalue weighted by Gasteiger charge is -2.35. The molecule has 5 heterocycles. The molecule has 3 atom stereocenters. The number of nitrogens with zero attached hydrogens (tertiary/aromatic N) is 3. The summed E-state index contributed by atoms with van der Waals surface area (Å²) in [5, 5.41) is 2.90. The molecule has 0 saturated carbocycles. The number of fused-ring (bicyclic) bond motifs is 3. The van der Waals surface area contributed by atoms with Crippen LogP contribution in [0, 0.1) is 12.8 Å². The third-order valence-corrected chi connectivity index (χ3v) is 8.57.